The van der Waals surface area contributed by atoms with Gasteiger partial charge in [-0.05, 0) is 28.9 Å². The Hall–Kier alpha value is -0.990. The number of pyridine rings is 1. The Morgan fingerprint density at radius 1 is 1.39 bits per heavy atom. The van der Waals surface area contributed by atoms with E-state index in [2.05, 4.69) is 31.1 Å². The van der Waals surface area contributed by atoms with E-state index < -0.39 is 9.05 Å². The van der Waals surface area contributed by atoms with Gasteiger partial charge in [0.05, 0.1) is 0 Å². The van der Waals surface area contributed by atoms with Crippen molar-refractivity contribution in [1.82, 2.24) is 19.7 Å². The van der Waals surface area contributed by atoms with Gasteiger partial charge in [-0.15, -0.1) is 10.2 Å². The summed E-state index contributed by atoms with van der Waals surface area (Å²) in [5.74, 6) is 0.408. The van der Waals surface area contributed by atoms with Crippen LogP contribution < -0.4 is 0 Å². The van der Waals surface area contributed by atoms with Gasteiger partial charge in [0, 0.05) is 39.7 Å². The predicted octanol–water partition coefficient (Wildman–Crippen LogP) is 2.05. The van der Waals surface area contributed by atoms with Gasteiger partial charge in [0.1, 0.15) is 0 Å². The maximum atomic E-state index is 11.3. The molecule has 0 amide bonds. The van der Waals surface area contributed by atoms with Crippen LogP contribution in [-0.2, 0) is 15.6 Å². The second-order valence-corrected chi connectivity index (χ2v) is 6.76. The molecule has 18 heavy (non-hydrogen) atoms. The lowest BCUT2D eigenvalue weighted by atomic mass is 10.3. The first-order valence-corrected chi connectivity index (χ1v) is 8.02. The summed E-state index contributed by atoms with van der Waals surface area (Å²) in [6, 6.07) is 1.77. The van der Waals surface area contributed by atoms with Crippen molar-refractivity contribution < 1.29 is 8.42 Å². The SMILES string of the molecule is CCn1c(-c2cncc(Br)c2)nnc1S(=O)(=O)Cl. The van der Waals surface area contributed by atoms with Crippen molar-refractivity contribution in [3.63, 3.8) is 0 Å². The van der Waals surface area contributed by atoms with E-state index in [1.54, 1.807) is 25.4 Å². The number of aromatic nitrogens is 4. The predicted molar refractivity (Wildman–Crippen MR) is 69.7 cm³/mol. The molecule has 0 fully saturated rings. The van der Waals surface area contributed by atoms with E-state index in [1.807, 2.05) is 0 Å². The molecule has 0 bridgehead atoms. The fraction of sp³-hybridized carbons (Fsp3) is 0.222. The average Bonchev–Trinajstić information content (AvgIpc) is 2.72. The molecular formula is C9H8BrClN4O2S. The molecule has 2 aromatic rings. The highest BCUT2D eigenvalue weighted by Crippen LogP contribution is 2.23. The molecule has 0 aliphatic heterocycles. The molecule has 0 N–H and O–H groups in total. The smallest absolute Gasteiger partial charge is 0.296 e. The van der Waals surface area contributed by atoms with Crippen LogP contribution in [0.3, 0.4) is 0 Å². The Morgan fingerprint density at radius 3 is 2.67 bits per heavy atom. The van der Waals surface area contributed by atoms with Crippen molar-refractivity contribution in [3.05, 3.63) is 22.9 Å². The second kappa shape index (κ2) is 4.94. The summed E-state index contributed by atoms with van der Waals surface area (Å²) < 4.78 is 24.9. The summed E-state index contributed by atoms with van der Waals surface area (Å²) in [5.41, 5.74) is 0.658. The topological polar surface area (TPSA) is 77.7 Å². The monoisotopic (exact) mass is 350 g/mol. The lowest BCUT2D eigenvalue weighted by Crippen LogP contribution is -2.06. The zero-order chi connectivity index (χ0) is 13.3. The number of hydrogen-bond acceptors (Lipinski definition) is 5. The molecule has 0 spiro atoms. The standard InChI is InChI=1S/C9H8BrClN4O2S/c1-2-15-8(6-3-7(10)5-12-4-6)13-14-9(15)18(11,16)17/h3-5H,2H2,1H3. The van der Waals surface area contributed by atoms with Gasteiger partial charge in [-0.2, -0.15) is 0 Å². The highest BCUT2D eigenvalue weighted by atomic mass is 79.9. The first-order valence-electron chi connectivity index (χ1n) is 4.92. The van der Waals surface area contributed by atoms with Crippen LogP contribution in [0.1, 0.15) is 6.92 Å². The minimum absolute atomic E-state index is 0.262. The minimum atomic E-state index is -3.91. The number of halogens is 2. The lowest BCUT2D eigenvalue weighted by molar-refractivity contribution is 0.582. The molecule has 0 saturated carbocycles. The van der Waals surface area contributed by atoms with E-state index >= 15 is 0 Å². The summed E-state index contributed by atoms with van der Waals surface area (Å²) in [6.45, 7) is 2.17. The fourth-order valence-corrected chi connectivity index (χ4v) is 2.83. The Kier molecular flexibility index (Phi) is 3.69. The van der Waals surface area contributed by atoms with E-state index in [4.69, 9.17) is 10.7 Å². The van der Waals surface area contributed by atoms with Gasteiger partial charge in [-0.1, -0.05) is 0 Å². The van der Waals surface area contributed by atoms with Crippen molar-refractivity contribution in [1.29, 1.82) is 0 Å². The third kappa shape index (κ3) is 2.55. The van der Waals surface area contributed by atoms with E-state index in [9.17, 15) is 8.42 Å². The molecule has 0 aliphatic carbocycles. The molecule has 0 aliphatic rings. The average molecular weight is 352 g/mol. The van der Waals surface area contributed by atoms with Gasteiger partial charge in [0.25, 0.3) is 14.2 Å². The molecule has 9 heteroatoms. The van der Waals surface area contributed by atoms with Gasteiger partial charge in [0.2, 0.25) is 0 Å². The normalized spacial score (nSPS) is 11.7. The molecule has 2 aromatic heterocycles. The van der Waals surface area contributed by atoms with Crippen LogP contribution in [0, 0.1) is 0 Å². The first-order chi connectivity index (χ1) is 8.43. The van der Waals surface area contributed by atoms with Gasteiger partial charge in [-0.25, -0.2) is 8.42 Å². The third-order valence-corrected chi connectivity index (χ3v) is 3.80. The number of nitrogens with zero attached hydrogens (tertiary/aromatic N) is 4. The highest BCUT2D eigenvalue weighted by Gasteiger charge is 2.22. The molecule has 2 heterocycles. The van der Waals surface area contributed by atoms with E-state index in [-0.39, 0.29) is 5.16 Å². The van der Waals surface area contributed by atoms with E-state index in [0.717, 1.165) is 4.47 Å². The first kappa shape index (κ1) is 13.4. The molecule has 6 nitrogen and oxygen atoms in total. The van der Waals surface area contributed by atoms with Crippen LogP contribution in [-0.4, -0.2) is 28.2 Å². The quantitative estimate of drug-likeness (QED) is 0.791. The Morgan fingerprint density at radius 2 is 2.11 bits per heavy atom. The Bertz CT molecular complexity index is 686. The van der Waals surface area contributed by atoms with Gasteiger partial charge >= 0.3 is 0 Å². The Labute approximate surface area is 117 Å². The number of rotatable bonds is 3. The summed E-state index contributed by atoms with van der Waals surface area (Å²) in [7, 11) is 1.39. The van der Waals surface area contributed by atoms with Gasteiger partial charge in [-0.3, -0.25) is 9.55 Å². The van der Waals surface area contributed by atoms with Crippen LogP contribution in [0.4, 0.5) is 0 Å². The Balaban J connectivity index is 2.63. The lowest BCUT2D eigenvalue weighted by Gasteiger charge is -2.05. The summed E-state index contributed by atoms with van der Waals surface area (Å²) >= 11 is 3.29. The molecule has 96 valence electrons. The highest BCUT2D eigenvalue weighted by molar-refractivity contribution is 9.10. The molecule has 0 unspecified atom stereocenters. The summed E-state index contributed by atoms with van der Waals surface area (Å²) in [5, 5.41) is 7.21. The van der Waals surface area contributed by atoms with Crippen LogP contribution in [0.2, 0.25) is 0 Å². The van der Waals surface area contributed by atoms with Crippen LogP contribution in [0.5, 0.6) is 0 Å². The van der Waals surface area contributed by atoms with Gasteiger partial charge in [0.15, 0.2) is 5.82 Å². The zero-order valence-electron chi connectivity index (χ0n) is 9.21. The second-order valence-electron chi connectivity index (χ2n) is 3.38. The van der Waals surface area contributed by atoms with Crippen molar-refractivity contribution in [2.24, 2.45) is 0 Å². The van der Waals surface area contributed by atoms with E-state index in [1.165, 1.54) is 4.57 Å². The summed E-state index contributed by atoms with van der Waals surface area (Å²) in [4.78, 5) is 4.00. The van der Waals surface area contributed by atoms with Crippen molar-refractivity contribution in [2.75, 3.05) is 0 Å². The number of hydrogen-bond donors (Lipinski definition) is 0. The molecule has 0 aromatic carbocycles. The zero-order valence-corrected chi connectivity index (χ0v) is 12.4. The van der Waals surface area contributed by atoms with E-state index in [0.29, 0.717) is 17.9 Å². The summed E-state index contributed by atoms with van der Waals surface area (Å²) in [6.07, 6.45) is 3.20. The van der Waals surface area contributed by atoms with Gasteiger partial charge < -0.3 is 0 Å². The maximum Gasteiger partial charge on any atom is 0.296 e. The molecule has 0 atom stereocenters. The van der Waals surface area contributed by atoms with Crippen molar-refractivity contribution in [3.8, 4) is 11.4 Å². The van der Waals surface area contributed by atoms with Crippen molar-refractivity contribution >= 4 is 35.7 Å². The van der Waals surface area contributed by atoms with Crippen LogP contribution >= 0.6 is 26.6 Å². The van der Waals surface area contributed by atoms with Crippen LogP contribution in [0.25, 0.3) is 11.4 Å². The van der Waals surface area contributed by atoms with Crippen LogP contribution in [0.15, 0.2) is 28.1 Å². The third-order valence-electron chi connectivity index (χ3n) is 2.21. The molecule has 2 rings (SSSR count). The minimum Gasteiger partial charge on any atom is -0.297 e. The fourth-order valence-electron chi connectivity index (χ4n) is 1.50. The maximum absolute atomic E-state index is 11.3. The van der Waals surface area contributed by atoms with Crippen molar-refractivity contribution in [2.45, 2.75) is 18.6 Å². The molecular weight excluding hydrogens is 344 g/mol. The largest absolute Gasteiger partial charge is 0.297 e. The molecule has 0 saturated heterocycles. The molecule has 0 radical (unpaired) electrons.